The molecule has 1 aliphatic rings. The molecule has 0 bridgehead atoms. The summed E-state index contributed by atoms with van der Waals surface area (Å²) in [5, 5.41) is 3.06. The van der Waals surface area contributed by atoms with Gasteiger partial charge in [-0.15, -0.1) is 0 Å². The number of hydrogen-bond donors (Lipinski definition) is 2. The fourth-order valence-electron chi connectivity index (χ4n) is 1.48. The van der Waals surface area contributed by atoms with Gasteiger partial charge in [-0.1, -0.05) is 12.2 Å². The predicted molar refractivity (Wildman–Crippen MR) is 66.5 cm³/mol. The van der Waals surface area contributed by atoms with E-state index in [1.807, 2.05) is 6.92 Å². The summed E-state index contributed by atoms with van der Waals surface area (Å²) in [5.74, 6) is 0.458. The molecule has 1 unspecified atom stereocenters. The van der Waals surface area contributed by atoms with Crippen LogP contribution < -0.4 is 11.1 Å². The number of ether oxygens (including phenoxy) is 1. The molecule has 16 heavy (non-hydrogen) atoms. The molecule has 1 atom stereocenters. The lowest BCUT2D eigenvalue weighted by Gasteiger charge is -2.30. The van der Waals surface area contributed by atoms with Crippen LogP contribution in [-0.2, 0) is 4.74 Å². The van der Waals surface area contributed by atoms with Gasteiger partial charge in [-0.25, -0.2) is 4.99 Å². The minimum atomic E-state index is 0.192. The average molecular weight is 226 g/mol. The van der Waals surface area contributed by atoms with Crippen molar-refractivity contribution in [3.05, 3.63) is 12.2 Å². The van der Waals surface area contributed by atoms with Crippen LogP contribution in [0.5, 0.6) is 0 Å². The zero-order valence-electron chi connectivity index (χ0n) is 10.2. The SMILES string of the molecule is C=C(C)CN=C(N)NCC1CN(C)CCO1. The highest BCUT2D eigenvalue weighted by Gasteiger charge is 2.17. The molecule has 0 radical (unpaired) electrons. The van der Waals surface area contributed by atoms with Gasteiger partial charge in [0.1, 0.15) is 0 Å². The lowest BCUT2D eigenvalue weighted by atomic mass is 10.3. The quantitative estimate of drug-likeness (QED) is 0.396. The van der Waals surface area contributed by atoms with E-state index < -0.39 is 0 Å². The van der Waals surface area contributed by atoms with Gasteiger partial charge in [-0.3, -0.25) is 0 Å². The molecule has 0 aliphatic carbocycles. The second-order valence-electron chi connectivity index (χ2n) is 4.29. The fraction of sp³-hybridized carbons (Fsp3) is 0.727. The normalized spacial score (nSPS) is 23.1. The van der Waals surface area contributed by atoms with Crippen molar-refractivity contribution in [2.75, 3.05) is 39.8 Å². The average Bonchev–Trinajstić information content (AvgIpc) is 2.23. The Hall–Kier alpha value is -1.07. The zero-order chi connectivity index (χ0) is 12.0. The molecule has 1 saturated heterocycles. The number of morpholine rings is 1. The highest BCUT2D eigenvalue weighted by Crippen LogP contribution is 2.01. The first-order chi connectivity index (χ1) is 7.58. The number of nitrogens with one attached hydrogen (secondary N) is 1. The van der Waals surface area contributed by atoms with Crippen molar-refractivity contribution in [1.82, 2.24) is 10.2 Å². The first kappa shape index (κ1) is 13.0. The van der Waals surface area contributed by atoms with Crippen molar-refractivity contribution in [2.45, 2.75) is 13.0 Å². The van der Waals surface area contributed by atoms with E-state index in [1.165, 1.54) is 0 Å². The van der Waals surface area contributed by atoms with Crippen molar-refractivity contribution in [3.63, 3.8) is 0 Å². The second-order valence-corrected chi connectivity index (χ2v) is 4.29. The summed E-state index contributed by atoms with van der Waals surface area (Å²) in [4.78, 5) is 6.39. The maximum Gasteiger partial charge on any atom is 0.188 e. The summed E-state index contributed by atoms with van der Waals surface area (Å²) in [6.07, 6.45) is 0.192. The predicted octanol–water partition coefficient (Wildman–Crippen LogP) is -0.203. The van der Waals surface area contributed by atoms with Gasteiger partial charge in [0.2, 0.25) is 0 Å². The smallest absolute Gasteiger partial charge is 0.188 e. The van der Waals surface area contributed by atoms with E-state index in [0.29, 0.717) is 19.0 Å². The maximum atomic E-state index is 5.70. The molecule has 5 heteroatoms. The number of aliphatic imine (C=N–C) groups is 1. The van der Waals surface area contributed by atoms with Crippen LogP contribution in [0.4, 0.5) is 0 Å². The minimum Gasteiger partial charge on any atom is -0.374 e. The Kier molecular flexibility index (Phi) is 5.28. The van der Waals surface area contributed by atoms with Gasteiger partial charge < -0.3 is 20.7 Å². The van der Waals surface area contributed by atoms with E-state index in [0.717, 1.165) is 25.3 Å². The van der Waals surface area contributed by atoms with E-state index in [1.54, 1.807) is 0 Å². The zero-order valence-corrected chi connectivity index (χ0v) is 10.2. The van der Waals surface area contributed by atoms with E-state index >= 15 is 0 Å². The van der Waals surface area contributed by atoms with Crippen LogP contribution in [0.15, 0.2) is 17.1 Å². The third kappa shape index (κ3) is 5.14. The van der Waals surface area contributed by atoms with Gasteiger partial charge in [0, 0.05) is 19.6 Å². The summed E-state index contributed by atoms with van der Waals surface area (Å²) in [7, 11) is 2.09. The van der Waals surface area contributed by atoms with Crippen LogP contribution in [0.25, 0.3) is 0 Å². The van der Waals surface area contributed by atoms with Crippen molar-refractivity contribution in [1.29, 1.82) is 0 Å². The Morgan fingerprint density at radius 2 is 2.44 bits per heavy atom. The first-order valence-electron chi connectivity index (χ1n) is 5.56. The minimum absolute atomic E-state index is 0.192. The number of nitrogens with zero attached hydrogens (tertiary/aromatic N) is 2. The van der Waals surface area contributed by atoms with Gasteiger partial charge in [0.25, 0.3) is 0 Å². The van der Waals surface area contributed by atoms with Crippen molar-refractivity contribution >= 4 is 5.96 Å². The topological polar surface area (TPSA) is 62.9 Å². The van der Waals surface area contributed by atoms with Crippen molar-refractivity contribution in [2.24, 2.45) is 10.7 Å². The molecule has 0 aromatic heterocycles. The molecule has 0 aromatic carbocycles. The summed E-state index contributed by atoms with van der Waals surface area (Å²) in [5.41, 5.74) is 6.70. The van der Waals surface area contributed by atoms with Gasteiger partial charge in [0.15, 0.2) is 5.96 Å². The number of hydrogen-bond acceptors (Lipinski definition) is 3. The number of rotatable bonds is 4. The van der Waals surface area contributed by atoms with Crippen LogP contribution in [0.3, 0.4) is 0 Å². The van der Waals surface area contributed by atoms with Crippen LogP contribution in [0.2, 0.25) is 0 Å². The summed E-state index contributed by atoms with van der Waals surface area (Å²) >= 11 is 0. The standard InChI is InChI=1S/C11H22N4O/c1-9(2)6-13-11(12)14-7-10-8-15(3)4-5-16-10/h10H,1,4-8H2,2-3H3,(H3,12,13,14). The highest BCUT2D eigenvalue weighted by molar-refractivity contribution is 5.77. The summed E-state index contributed by atoms with van der Waals surface area (Å²) < 4.78 is 5.59. The molecule has 92 valence electrons. The monoisotopic (exact) mass is 226 g/mol. The Morgan fingerprint density at radius 3 is 3.06 bits per heavy atom. The Bertz CT molecular complexity index is 265. The van der Waals surface area contributed by atoms with Crippen LogP contribution in [0.1, 0.15) is 6.92 Å². The van der Waals surface area contributed by atoms with Gasteiger partial charge >= 0.3 is 0 Å². The second kappa shape index (κ2) is 6.50. The molecule has 0 amide bonds. The first-order valence-corrected chi connectivity index (χ1v) is 5.56. The lowest BCUT2D eigenvalue weighted by molar-refractivity contribution is -0.0160. The molecule has 0 aromatic rings. The summed E-state index contributed by atoms with van der Waals surface area (Å²) in [6.45, 7) is 9.68. The van der Waals surface area contributed by atoms with Gasteiger partial charge in [-0.2, -0.15) is 0 Å². The third-order valence-electron chi connectivity index (χ3n) is 2.37. The van der Waals surface area contributed by atoms with Crippen LogP contribution >= 0.6 is 0 Å². The van der Waals surface area contributed by atoms with E-state index in [9.17, 15) is 0 Å². The molecule has 3 N–H and O–H groups in total. The third-order valence-corrected chi connectivity index (χ3v) is 2.37. The molecular weight excluding hydrogens is 204 g/mol. The maximum absolute atomic E-state index is 5.70. The fourth-order valence-corrected chi connectivity index (χ4v) is 1.48. The number of nitrogens with two attached hydrogens (primary N) is 1. The van der Waals surface area contributed by atoms with E-state index in [4.69, 9.17) is 10.5 Å². The molecule has 1 rings (SSSR count). The van der Waals surface area contributed by atoms with Gasteiger partial charge in [-0.05, 0) is 14.0 Å². The molecule has 0 saturated carbocycles. The highest BCUT2D eigenvalue weighted by atomic mass is 16.5. The Labute approximate surface area is 97.4 Å². The van der Waals surface area contributed by atoms with E-state index in [2.05, 4.69) is 28.8 Å². The molecule has 0 spiro atoms. The van der Waals surface area contributed by atoms with E-state index in [-0.39, 0.29) is 6.10 Å². The molecule has 5 nitrogen and oxygen atoms in total. The summed E-state index contributed by atoms with van der Waals surface area (Å²) in [6, 6.07) is 0. The Morgan fingerprint density at radius 1 is 1.69 bits per heavy atom. The van der Waals surface area contributed by atoms with Gasteiger partial charge in [0.05, 0.1) is 19.3 Å². The van der Waals surface area contributed by atoms with Crippen LogP contribution in [0, 0.1) is 0 Å². The Balaban J connectivity index is 2.22. The molecule has 1 fully saturated rings. The largest absolute Gasteiger partial charge is 0.374 e. The number of likely N-dealkylation sites (N-methyl/N-ethyl adjacent to an activating group) is 1. The molecule has 1 heterocycles. The van der Waals surface area contributed by atoms with Crippen molar-refractivity contribution in [3.8, 4) is 0 Å². The van der Waals surface area contributed by atoms with Crippen molar-refractivity contribution < 1.29 is 4.74 Å². The molecule has 1 aliphatic heterocycles. The molecular formula is C11H22N4O. The van der Waals surface area contributed by atoms with Crippen LogP contribution in [-0.4, -0.2) is 56.8 Å². The number of guanidine groups is 1. The lowest BCUT2D eigenvalue weighted by Crippen LogP contribution is -2.47.